The van der Waals surface area contributed by atoms with Crippen LogP contribution in [0, 0.1) is 12.3 Å². The molecule has 0 atom stereocenters. The molecule has 0 fully saturated rings. The van der Waals surface area contributed by atoms with E-state index in [4.69, 9.17) is 9.47 Å². The lowest BCUT2D eigenvalue weighted by Crippen LogP contribution is -2.30. The van der Waals surface area contributed by atoms with E-state index in [0.29, 0.717) is 23.6 Å². The minimum atomic E-state index is -4.72. The molecule has 0 saturated heterocycles. The molecule has 214 valence electrons. The Morgan fingerprint density at radius 1 is 1.02 bits per heavy atom. The number of esters is 1. The number of carbonyl (C=O) groups is 2. The molecule has 0 saturated carbocycles. The second kappa shape index (κ2) is 12.2. The molecule has 0 unspecified atom stereocenters. The fourth-order valence-corrected chi connectivity index (χ4v) is 3.80. The topological polar surface area (TPSA) is 136 Å². The summed E-state index contributed by atoms with van der Waals surface area (Å²) in [7, 11) is 0. The van der Waals surface area contributed by atoms with Crippen LogP contribution in [0.5, 0.6) is 11.6 Å². The average molecular weight is 562 g/mol. The van der Waals surface area contributed by atoms with Crippen LogP contribution in [0.25, 0.3) is 11.3 Å². The number of hydrogen-bond donors (Lipinski definition) is 3. The number of pyridine rings is 1. The summed E-state index contributed by atoms with van der Waals surface area (Å²) in [5, 5.41) is 14.6. The first-order chi connectivity index (χ1) is 18.7. The van der Waals surface area contributed by atoms with Gasteiger partial charge in [0.15, 0.2) is 11.6 Å². The van der Waals surface area contributed by atoms with Crippen molar-refractivity contribution in [1.29, 1.82) is 0 Å². The monoisotopic (exact) mass is 561 g/mol. The zero-order chi connectivity index (χ0) is 29.7. The Bertz CT molecular complexity index is 1400. The number of aromatic nitrogens is 3. The third-order valence-corrected chi connectivity index (χ3v) is 5.74. The number of halogens is 3. The number of anilines is 2. The zero-order valence-electron chi connectivity index (χ0n) is 22.6. The molecule has 13 heteroatoms. The molecule has 2 heterocycles. The summed E-state index contributed by atoms with van der Waals surface area (Å²) in [4.78, 5) is 37.2. The number of carbonyl (C=O) groups excluding carboxylic acids is 2. The van der Waals surface area contributed by atoms with E-state index in [0.717, 1.165) is 6.07 Å². The van der Waals surface area contributed by atoms with Gasteiger partial charge < -0.3 is 19.9 Å². The molecule has 10 nitrogen and oxygen atoms in total. The lowest BCUT2D eigenvalue weighted by atomic mass is 9.84. The first-order valence-corrected chi connectivity index (χ1v) is 12.4. The maximum Gasteiger partial charge on any atom is 0.416 e. The van der Waals surface area contributed by atoms with Gasteiger partial charge in [-0.05, 0) is 64.8 Å². The first kappa shape index (κ1) is 30.1. The fraction of sp³-hybridized carbons (Fsp3) is 0.370. The molecule has 2 aromatic heterocycles. The quantitative estimate of drug-likeness (QED) is 0.281. The largest absolute Gasteiger partial charge is 0.491 e. The second-order valence-electron chi connectivity index (χ2n) is 9.40. The predicted octanol–water partition coefficient (Wildman–Crippen LogP) is 5.75. The average Bonchev–Trinajstić information content (AvgIpc) is 2.87. The normalized spacial score (nSPS) is 11.6. The number of hydrogen-bond acceptors (Lipinski definition) is 8. The van der Waals surface area contributed by atoms with Crippen molar-refractivity contribution >= 4 is 23.5 Å². The van der Waals surface area contributed by atoms with E-state index in [1.54, 1.807) is 26.8 Å². The van der Waals surface area contributed by atoms with Crippen LogP contribution < -0.4 is 15.4 Å². The zero-order valence-corrected chi connectivity index (χ0v) is 22.6. The number of nitrogens with zero attached hydrogens (tertiary/aromatic N) is 3. The summed E-state index contributed by atoms with van der Waals surface area (Å²) >= 11 is 0. The van der Waals surface area contributed by atoms with E-state index in [9.17, 15) is 27.9 Å². The maximum atomic E-state index is 13.9. The smallest absolute Gasteiger partial charge is 0.416 e. The van der Waals surface area contributed by atoms with Gasteiger partial charge in [0.2, 0.25) is 0 Å². The van der Waals surface area contributed by atoms with Gasteiger partial charge in [0.1, 0.15) is 0 Å². The van der Waals surface area contributed by atoms with Crippen LogP contribution in [0.15, 0.2) is 36.7 Å². The molecule has 0 radical (unpaired) electrons. The van der Waals surface area contributed by atoms with Gasteiger partial charge >= 0.3 is 18.2 Å². The molecule has 1 aromatic carbocycles. The van der Waals surface area contributed by atoms with Crippen molar-refractivity contribution in [1.82, 2.24) is 15.0 Å². The minimum absolute atomic E-state index is 0.0851. The van der Waals surface area contributed by atoms with E-state index >= 15 is 0 Å². The van der Waals surface area contributed by atoms with Crippen LogP contribution in [-0.4, -0.2) is 45.3 Å². The Labute approximate surface area is 229 Å². The second-order valence-corrected chi connectivity index (χ2v) is 9.40. The SMILES string of the molecule is CCOC(=O)C(C)(C)Cc1ccc(NC(=O)Nc2ncc(-c3cnc(O)c(OCC)c3)nc2C)cc1C(F)(F)F. The molecule has 3 N–H and O–H groups in total. The molecular formula is C27H30F3N5O5. The highest BCUT2D eigenvalue weighted by Gasteiger charge is 2.37. The van der Waals surface area contributed by atoms with Crippen LogP contribution in [0.3, 0.4) is 0 Å². The molecule has 2 amide bonds. The highest BCUT2D eigenvalue weighted by atomic mass is 19.4. The highest BCUT2D eigenvalue weighted by Crippen LogP contribution is 2.37. The Balaban J connectivity index is 1.77. The molecule has 3 rings (SSSR count). The van der Waals surface area contributed by atoms with Crippen LogP contribution in [-0.2, 0) is 22.1 Å². The Kier molecular flexibility index (Phi) is 9.17. The lowest BCUT2D eigenvalue weighted by Gasteiger charge is -2.24. The summed E-state index contributed by atoms with van der Waals surface area (Å²) in [5.74, 6) is -0.616. The van der Waals surface area contributed by atoms with E-state index in [1.165, 1.54) is 38.4 Å². The number of urea groups is 1. The van der Waals surface area contributed by atoms with Crippen molar-refractivity contribution in [3.63, 3.8) is 0 Å². The molecular weight excluding hydrogens is 531 g/mol. The van der Waals surface area contributed by atoms with Crippen LogP contribution in [0.4, 0.5) is 29.5 Å². The molecule has 0 aliphatic heterocycles. The number of nitrogens with one attached hydrogen (secondary N) is 2. The minimum Gasteiger partial charge on any atom is -0.491 e. The van der Waals surface area contributed by atoms with Crippen LogP contribution in [0.2, 0.25) is 0 Å². The maximum absolute atomic E-state index is 13.9. The van der Waals surface area contributed by atoms with Crippen molar-refractivity contribution in [3.05, 3.63) is 53.5 Å². The number of aromatic hydroxyl groups is 1. The molecule has 40 heavy (non-hydrogen) atoms. The van der Waals surface area contributed by atoms with Gasteiger partial charge in [0.05, 0.1) is 41.8 Å². The van der Waals surface area contributed by atoms with Crippen molar-refractivity contribution in [2.45, 2.75) is 47.2 Å². The Morgan fingerprint density at radius 2 is 1.75 bits per heavy atom. The standard InChI is InChI=1S/C27H30F3N5O5/c1-6-39-21-10-17(13-32-23(21)36)20-14-31-22(15(3)33-20)35-25(38)34-18-9-8-16(19(11-18)27(28,29)30)12-26(4,5)24(37)40-7-2/h8-11,13-14H,6-7,12H2,1-5H3,(H,32,36)(H2,31,34,35,38). The fourth-order valence-electron chi connectivity index (χ4n) is 3.80. The number of alkyl halides is 3. The van der Waals surface area contributed by atoms with Crippen LogP contribution in [0.1, 0.15) is 44.5 Å². The van der Waals surface area contributed by atoms with Gasteiger partial charge in [-0.25, -0.2) is 19.7 Å². The van der Waals surface area contributed by atoms with E-state index in [2.05, 4.69) is 25.6 Å². The van der Waals surface area contributed by atoms with Crippen molar-refractivity contribution in [2.75, 3.05) is 23.8 Å². The molecule has 0 aliphatic carbocycles. The number of amides is 2. The summed E-state index contributed by atoms with van der Waals surface area (Å²) in [6.07, 6.45) is -2.18. The van der Waals surface area contributed by atoms with Crippen molar-refractivity contribution < 1.29 is 37.3 Å². The van der Waals surface area contributed by atoms with E-state index in [1.807, 2.05) is 0 Å². The van der Waals surface area contributed by atoms with Gasteiger partial charge in [-0.15, -0.1) is 0 Å². The summed E-state index contributed by atoms with van der Waals surface area (Å²) in [5.41, 5.74) is -1.14. The van der Waals surface area contributed by atoms with Gasteiger partial charge in [0.25, 0.3) is 5.88 Å². The molecule has 0 spiro atoms. The Morgan fingerprint density at radius 3 is 2.38 bits per heavy atom. The molecule has 0 bridgehead atoms. The van der Waals surface area contributed by atoms with Gasteiger partial charge in [-0.2, -0.15) is 13.2 Å². The number of aryl methyl sites for hydroxylation is 1. The van der Waals surface area contributed by atoms with Gasteiger partial charge in [0, 0.05) is 17.4 Å². The summed E-state index contributed by atoms with van der Waals surface area (Å²) in [6, 6.07) is 4.07. The number of ether oxygens (including phenoxy) is 2. The van der Waals surface area contributed by atoms with Gasteiger partial charge in [-0.1, -0.05) is 6.07 Å². The lowest BCUT2D eigenvalue weighted by molar-refractivity contribution is -0.154. The Hall–Kier alpha value is -4.42. The number of benzene rings is 1. The highest BCUT2D eigenvalue weighted by molar-refractivity contribution is 5.99. The third kappa shape index (κ3) is 7.36. The van der Waals surface area contributed by atoms with Crippen LogP contribution >= 0.6 is 0 Å². The molecule has 0 aliphatic rings. The number of rotatable bonds is 9. The summed E-state index contributed by atoms with van der Waals surface area (Å²) < 4.78 is 51.9. The van der Waals surface area contributed by atoms with Gasteiger partial charge in [-0.3, -0.25) is 10.1 Å². The van der Waals surface area contributed by atoms with E-state index < -0.39 is 29.2 Å². The third-order valence-electron chi connectivity index (χ3n) is 5.74. The summed E-state index contributed by atoms with van der Waals surface area (Å²) in [6.45, 7) is 8.42. The molecule has 3 aromatic rings. The predicted molar refractivity (Wildman–Crippen MR) is 141 cm³/mol. The van der Waals surface area contributed by atoms with Crippen molar-refractivity contribution in [3.8, 4) is 22.9 Å². The van der Waals surface area contributed by atoms with Crippen molar-refractivity contribution in [2.24, 2.45) is 5.41 Å². The first-order valence-electron chi connectivity index (χ1n) is 12.4. The van der Waals surface area contributed by atoms with E-state index in [-0.39, 0.29) is 41.7 Å².